The zero-order valence-corrected chi connectivity index (χ0v) is 8.10. The lowest BCUT2D eigenvalue weighted by Crippen LogP contribution is -1.84. The van der Waals surface area contributed by atoms with Crippen LogP contribution in [-0.4, -0.2) is 11.1 Å². The Balaban J connectivity index is 2.80. The normalized spacial score (nSPS) is 10.5. The van der Waals surface area contributed by atoms with Crippen molar-refractivity contribution in [1.29, 1.82) is 0 Å². The van der Waals surface area contributed by atoms with E-state index in [1.165, 1.54) is 0 Å². The molecule has 13 heavy (non-hydrogen) atoms. The highest BCUT2D eigenvalue weighted by Gasteiger charge is 1.97. The Morgan fingerprint density at radius 2 is 2.38 bits per heavy atom. The molecule has 0 aliphatic heterocycles. The summed E-state index contributed by atoms with van der Waals surface area (Å²) in [6.45, 7) is 5.73. The minimum absolute atomic E-state index is 0.908. The Kier molecular flexibility index (Phi) is 3.03. The van der Waals surface area contributed by atoms with Crippen molar-refractivity contribution >= 4 is 29.0 Å². The van der Waals surface area contributed by atoms with E-state index in [1.54, 1.807) is 17.4 Å². The van der Waals surface area contributed by atoms with Crippen LogP contribution < -0.4 is 0 Å². The van der Waals surface area contributed by atoms with E-state index >= 15 is 0 Å². The van der Waals surface area contributed by atoms with Crippen LogP contribution in [0.1, 0.15) is 17.4 Å². The number of aliphatic carboxylic acids is 1. The van der Waals surface area contributed by atoms with E-state index in [1.807, 2.05) is 18.4 Å². The Bertz CT molecular complexity index is 361. The van der Waals surface area contributed by atoms with E-state index in [9.17, 15) is 4.79 Å². The summed E-state index contributed by atoms with van der Waals surface area (Å²) in [5.41, 5.74) is 1.91. The van der Waals surface area contributed by atoms with Crippen LogP contribution >= 0.6 is 11.3 Å². The minimum atomic E-state index is -0.928. The monoisotopic (exact) mass is 194 g/mol. The molecule has 0 amide bonds. The number of carboxylic acids is 1. The number of carbonyl (C=O) groups is 1. The van der Waals surface area contributed by atoms with Crippen molar-refractivity contribution in [3.63, 3.8) is 0 Å². The summed E-state index contributed by atoms with van der Waals surface area (Å²) in [7, 11) is 0. The van der Waals surface area contributed by atoms with Crippen LogP contribution in [0.3, 0.4) is 0 Å². The summed E-state index contributed by atoms with van der Waals surface area (Å²) in [5, 5.41) is 10.3. The van der Waals surface area contributed by atoms with Crippen LogP contribution in [0.4, 0.5) is 0 Å². The lowest BCUT2D eigenvalue weighted by molar-refractivity contribution is -0.131. The first kappa shape index (κ1) is 9.74. The molecule has 1 rings (SSSR count). The Labute approximate surface area is 80.8 Å². The topological polar surface area (TPSA) is 37.3 Å². The van der Waals surface area contributed by atoms with Gasteiger partial charge in [-0.25, -0.2) is 4.79 Å². The molecule has 1 N–H and O–H groups in total. The molecule has 1 aromatic rings. The fourth-order valence-electron chi connectivity index (χ4n) is 0.830. The second kappa shape index (κ2) is 4.05. The third-order valence-electron chi connectivity index (χ3n) is 1.46. The minimum Gasteiger partial charge on any atom is -0.478 e. The molecule has 0 fully saturated rings. The maximum atomic E-state index is 10.2. The van der Waals surface area contributed by atoms with Crippen LogP contribution in [0.5, 0.6) is 0 Å². The van der Waals surface area contributed by atoms with Crippen molar-refractivity contribution in [3.05, 3.63) is 34.5 Å². The van der Waals surface area contributed by atoms with E-state index in [4.69, 9.17) is 5.11 Å². The molecule has 0 radical (unpaired) electrons. The van der Waals surface area contributed by atoms with E-state index < -0.39 is 5.97 Å². The van der Waals surface area contributed by atoms with Crippen LogP contribution in [0, 0.1) is 0 Å². The van der Waals surface area contributed by atoms with Gasteiger partial charge < -0.3 is 5.11 Å². The summed E-state index contributed by atoms with van der Waals surface area (Å²) in [5.74, 6) is -0.928. The van der Waals surface area contributed by atoms with Crippen molar-refractivity contribution in [3.8, 4) is 0 Å². The van der Waals surface area contributed by atoms with E-state index in [0.717, 1.165) is 22.1 Å². The van der Waals surface area contributed by atoms with E-state index in [-0.39, 0.29) is 0 Å². The lowest BCUT2D eigenvalue weighted by atomic mass is 10.2. The molecule has 0 bridgehead atoms. The predicted octanol–water partition coefficient (Wildman–Crippen LogP) is 2.88. The molecule has 0 atom stereocenters. The number of hydrogen-bond acceptors (Lipinski definition) is 2. The SMILES string of the molecule is C=C(C)c1cc(C=CC(=O)O)cs1. The highest BCUT2D eigenvalue weighted by atomic mass is 32.1. The summed E-state index contributed by atoms with van der Waals surface area (Å²) >= 11 is 1.57. The maximum absolute atomic E-state index is 10.2. The highest BCUT2D eigenvalue weighted by molar-refractivity contribution is 7.11. The van der Waals surface area contributed by atoms with Gasteiger partial charge in [-0.3, -0.25) is 0 Å². The second-order valence-electron chi connectivity index (χ2n) is 2.70. The van der Waals surface area contributed by atoms with Crippen molar-refractivity contribution in [2.45, 2.75) is 6.92 Å². The Morgan fingerprint density at radius 1 is 1.69 bits per heavy atom. The number of allylic oxidation sites excluding steroid dienone is 1. The third kappa shape index (κ3) is 2.87. The molecule has 1 heterocycles. The van der Waals surface area contributed by atoms with Crippen molar-refractivity contribution in [1.82, 2.24) is 0 Å². The first-order valence-electron chi connectivity index (χ1n) is 3.75. The Hall–Kier alpha value is -1.35. The first-order valence-corrected chi connectivity index (χ1v) is 4.63. The van der Waals surface area contributed by atoms with Gasteiger partial charge in [0.2, 0.25) is 0 Å². The average Bonchev–Trinajstić information content (AvgIpc) is 2.48. The molecular formula is C10H10O2S. The molecule has 68 valence electrons. The lowest BCUT2D eigenvalue weighted by Gasteiger charge is -1.88. The Morgan fingerprint density at radius 3 is 2.85 bits per heavy atom. The van der Waals surface area contributed by atoms with E-state index in [0.29, 0.717) is 0 Å². The fraction of sp³-hybridized carbons (Fsp3) is 0.100. The van der Waals surface area contributed by atoms with Crippen LogP contribution in [0.25, 0.3) is 11.6 Å². The summed E-state index contributed by atoms with van der Waals surface area (Å²) in [6.07, 6.45) is 2.70. The zero-order chi connectivity index (χ0) is 9.84. The second-order valence-corrected chi connectivity index (χ2v) is 3.61. The summed E-state index contributed by atoms with van der Waals surface area (Å²) in [4.78, 5) is 11.3. The summed E-state index contributed by atoms with van der Waals surface area (Å²) in [6, 6.07) is 1.92. The van der Waals surface area contributed by atoms with Gasteiger partial charge in [0.25, 0.3) is 0 Å². The summed E-state index contributed by atoms with van der Waals surface area (Å²) < 4.78 is 0. The molecule has 0 aliphatic rings. The van der Waals surface area contributed by atoms with Gasteiger partial charge in [0.15, 0.2) is 0 Å². The quantitative estimate of drug-likeness (QED) is 0.751. The van der Waals surface area contributed by atoms with Crippen molar-refractivity contribution in [2.24, 2.45) is 0 Å². The first-order chi connectivity index (χ1) is 6.09. The van der Waals surface area contributed by atoms with Crippen molar-refractivity contribution in [2.75, 3.05) is 0 Å². The molecule has 3 heteroatoms. The zero-order valence-electron chi connectivity index (χ0n) is 7.28. The van der Waals surface area contributed by atoms with Crippen molar-refractivity contribution < 1.29 is 9.90 Å². The predicted molar refractivity (Wildman–Crippen MR) is 55.7 cm³/mol. The molecule has 1 aromatic heterocycles. The smallest absolute Gasteiger partial charge is 0.328 e. The van der Waals surface area contributed by atoms with Gasteiger partial charge in [0.1, 0.15) is 0 Å². The molecule has 0 aliphatic carbocycles. The van der Waals surface area contributed by atoms with E-state index in [2.05, 4.69) is 6.58 Å². The largest absolute Gasteiger partial charge is 0.478 e. The molecule has 0 saturated heterocycles. The molecule has 0 spiro atoms. The third-order valence-corrected chi connectivity index (χ3v) is 2.57. The number of thiophene rings is 1. The van der Waals surface area contributed by atoms with Gasteiger partial charge >= 0.3 is 5.97 Å². The maximum Gasteiger partial charge on any atom is 0.328 e. The molecule has 0 saturated carbocycles. The van der Waals surface area contributed by atoms with Crippen LogP contribution in [0.15, 0.2) is 24.1 Å². The van der Waals surface area contributed by atoms with Gasteiger partial charge in [-0.05, 0) is 35.6 Å². The standard InChI is InChI=1S/C10H10O2S/c1-7(2)9-5-8(6-13-9)3-4-10(11)12/h3-6H,1H2,2H3,(H,11,12). The molecular weight excluding hydrogens is 184 g/mol. The van der Waals surface area contributed by atoms with Gasteiger partial charge in [0, 0.05) is 11.0 Å². The molecule has 2 nitrogen and oxygen atoms in total. The van der Waals surface area contributed by atoms with Gasteiger partial charge in [-0.15, -0.1) is 11.3 Å². The van der Waals surface area contributed by atoms with Crippen LogP contribution in [0.2, 0.25) is 0 Å². The van der Waals surface area contributed by atoms with Crippen LogP contribution in [-0.2, 0) is 4.79 Å². The average molecular weight is 194 g/mol. The van der Waals surface area contributed by atoms with Gasteiger partial charge in [0.05, 0.1) is 0 Å². The number of hydrogen-bond donors (Lipinski definition) is 1. The fourth-order valence-corrected chi connectivity index (χ4v) is 1.64. The number of rotatable bonds is 3. The molecule has 0 unspecified atom stereocenters. The number of carboxylic acid groups (broad SMARTS) is 1. The van der Waals surface area contributed by atoms with Gasteiger partial charge in [-0.1, -0.05) is 6.58 Å². The highest BCUT2D eigenvalue weighted by Crippen LogP contribution is 2.22. The van der Waals surface area contributed by atoms with Gasteiger partial charge in [-0.2, -0.15) is 0 Å². The molecule has 0 aromatic carbocycles.